The molecule has 7 heteroatoms. The van der Waals surface area contributed by atoms with Crippen LogP contribution in [0.4, 0.5) is 0 Å². The number of rotatable bonds is 7. The van der Waals surface area contributed by atoms with Crippen LogP contribution in [0.15, 0.2) is 47.4 Å². The molecule has 0 aromatic heterocycles. The van der Waals surface area contributed by atoms with Gasteiger partial charge in [0.25, 0.3) is 5.91 Å². The van der Waals surface area contributed by atoms with Crippen LogP contribution in [0.1, 0.15) is 66.6 Å². The molecule has 1 heterocycles. The van der Waals surface area contributed by atoms with Crippen LogP contribution in [0.25, 0.3) is 0 Å². The molecular weight excluding hydrogens is 412 g/mol. The molecule has 0 bridgehead atoms. The largest absolute Gasteiger partial charge is 0.497 e. The highest BCUT2D eigenvalue weighted by Gasteiger charge is 2.27. The monoisotopic (exact) mass is 444 g/mol. The fourth-order valence-corrected chi connectivity index (χ4v) is 5.71. The predicted molar refractivity (Wildman–Crippen MR) is 122 cm³/mol. The first-order valence-electron chi connectivity index (χ1n) is 10.9. The lowest BCUT2D eigenvalue weighted by atomic mass is 10.0. The Labute approximate surface area is 185 Å². The Kier molecular flexibility index (Phi) is 7.73. The number of amides is 1. The van der Waals surface area contributed by atoms with Gasteiger partial charge in [0.1, 0.15) is 5.75 Å². The molecule has 0 aliphatic carbocycles. The number of nitrogens with one attached hydrogen (secondary N) is 1. The van der Waals surface area contributed by atoms with E-state index in [-0.39, 0.29) is 16.8 Å². The molecule has 1 aliphatic rings. The summed E-state index contributed by atoms with van der Waals surface area (Å²) in [6.07, 6.45) is 4.56. The number of carbonyl (C=O) groups excluding carboxylic acids is 1. The Hall–Kier alpha value is -2.38. The number of ether oxygens (including phenoxy) is 1. The second-order valence-corrected chi connectivity index (χ2v) is 9.91. The smallest absolute Gasteiger partial charge is 0.251 e. The number of carbonyl (C=O) groups is 1. The Morgan fingerprint density at radius 2 is 1.71 bits per heavy atom. The van der Waals surface area contributed by atoms with E-state index >= 15 is 0 Å². The van der Waals surface area contributed by atoms with Gasteiger partial charge in [0.15, 0.2) is 0 Å². The zero-order chi connectivity index (χ0) is 22.4. The normalized spacial score (nSPS) is 16.4. The van der Waals surface area contributed by atoms with E-state index in [9.17, 15) is 13.2 Å². The van der Waals surface area contributed by atoms with Crippen LogP contribution in [0.2, 0.25) is 0 Å². The van der Waals surface area contributed by atoms with Crippen molar-refractivity contribution in [2.75, 3.05) is 20.2 Å². The average Bonchev–Trinajstić information content (AvgIpc) is 3.08. The van der Waals surface area contributed by atoms with E-state index in [0.29, 0.717) is 30.6 Å². The molecule has 3 rings (SSSR count). The summed E-state index contributed by atoms with van der Waals surface area (Å²) in [4.78, 5) is 13.2. The van der Waals surface area contributed by atoms with E-state index in [2.05, 4.69) is 5.32 Å². The molecular formula is C24H32N2O4S. The van der Waals surface area contributed by atoms with Crippen molar-refractivity contribution in [1.82, 2.24) is 9.62 Å². The van der Waals surface area contributed by atoms with Gasteiger partial charge < -0.3 is 10.1 Å². The van der Waals surface area contributed by atoms with E-state index in [1.807, 2.05) is 31.2 Å². The number of methoxy groups -OCH3 is 1. The first kappa shape index (κ1) is 23.3. The van der Waals surface area contributed by atoms with Crippen molar-refractivity contribution in [3.63, 3.8) is 0 Å². The van der Waals surface area contributed by atoms with Crippen LogP contribution in [0.5, 0.6) is 5.75 Å². The Balaban J connectivity index is 1.83. The zero-order valence-electron chi connectivity index (χ0n) is 18.6. The fraction of sp³-hybridized carbons (Fsp3) is 0.458. The van der Waals surface area contributed by atoms with Gasteiger partial charge in [-0.1, -0.05) is 38.0 Å². The van der Waals surface area contributed by atoms with Crippen molar-refractivity contribution in [2.24, 2.45) is 0 Å². The summed E-state index contributed by atoms with van der Waals surface area (Å²) < 4.78 is 33.3. The van der Waals surface area contributed by atoms with Gasteiger partial charge in [-0.3, -0.25) is 4.79 Å². The molecule has 0 saturated carbocycles. The van der Waals surface area contributed by atoms with E-state index in [4.69, 9.17) is 4.74 Å². The molecule has 1 aliphatic heterocycles. The maximum Gasteiger partial charge on any atom is 0.251 e. The van der Waals surface area contributed by atoms with Gasteiger partial charge in [-0.25, -0.2) is 8.42 Å². The van der Waals surface area contributed by atoms with E-state index in [1.165, 1.54) is 6.07 Å². The molecule has 1 saturated heterocycles. The van der Waals surface area contributed by atoms with Crippen LogP contribution in [0, 0.1) is 6.92 Å². The predicted octanol–water partition coefficient (Wildman–Crippen LogP) is 4.45. The number of hydrogen-bond donors (Lipinski definition) is 1. The van der Waals surface area contributed by atoms with Crippen LogP contribution in [0.3, 0.4) is 0 Å². The van der Waals surface area contributed by atoms with E-state index in [1.54, 1.807) is 30.5 Å². The van der Waals surface area contributed by atoms with Crippen LogP contribution in [-0.4, -0.2) is 38.8 Å². The molecule has 0 unspecified atom stereocenters. The van der Waals surface area contributed by atoms with Crippen molar-refractivity contribution in [3.05, 3.63) is 59.2 Å². The number of nitrogens with zero attached hydrogens (tertiary/aromatic N) is 1. The summed E-state index contributed by atoms with van der Waals surface area (Å²) in [5.41, 5.74) is 1.98. The third kappa shape index (κ3) is 5.46. The summed E-state index contributed by atoms with van der Waals surface area (Å²) in [7, 11) is -2.01. The Morgan fingerprint density at radius 1 is 1.06 bits per heavy atom. The quantitative estimate of drug-likeness (QED) is 0.685. The van der Waals surface area contributed by atoms with Gasteiger partial charge in [0, 0.05) is 18.7 Å². The SMILES string of the molecule is CC[C@@H](NC(=O)c1ccc(C)c(S(=O)(=O)N2CCCCCC2)c1)c1ccc(OC)cc1. The van der Waals surface area contributed by atoms with Gasteiger partial charge in [0.2, 0.25) is 10.0 Å². The van der Waals surface area contributed by atoms with Crippen molar-refractivity contribution >= 4 is 15.9 Å². The lowest BCUT2D eigenvalue weighted by Crippen LogP contribution is -2.33. The second kappa shape index (κ2) is 10.3. The maximum absolute atomic E-state index is 13.3. The molecule has 2 aromatic carbocycles. The number of sulfonamides is 1. The summed E-state index contributed by atoms with van der Waals surface area (Å²) in [5.74, 6) is 0.474. The molecule has 1 amide bonds. The molecule has 1 atom stereocenters. The van der Waals surface area contributed by atoms with Gasteiger partial charge in [-0.05, 0) is 61.6 Å². The van der Waals surface area contributed by atoms with Gasteiger partial charge in [-0.2, -0.15) is 4.31 Å². The minimum atomic E-state index is -3.63. The number of aryl methyl sites for hydroxylation is 1. The lowest BCUT2D eigenvalue weighted by Gasteiger charge is -2.22. The highest BCUT2D eigenvalue weighted by molar-refractivity contribution is 7.89. The fourth-order valence-electron chi connectivity index (χ4n) is 3.94. The average molecular weight is 445 g/mol. The topological polar surface area (TPSA) is 75.7 Å². The highest BCUT2D eigenvalue weighted by atomic mass is 32.2. The first-order chi connectivity index (χ1) is 14.9. The standard InChI is InChI=1S/C24H32N2O4S/c1-4-22(19-11-13-21(30-3)14-12-19)25-24(27)20-10-9-18(2)23(17-20)31(28,29)26-15-7-5-6-8-16-26/h9-14,17,22H,4-8,15-16H2,1-3H3,(H,25,27)/t22-/m1/s1. The highest BCUT2D eigenvalue weighted by Crippen LogP contribution is 2.25. The third-order valence-corrected chi connectivity index (χ3v) is 7.91. The molecule has 2 aromatic rings. The molecule has 6 nitrogen and oxygen atoms in total. The second-order valence-electron chi connectivity index (χ2n) is 8.01. The van der Waals surface area contributed by atoms with Gasteiger partial charge in [-0.15, -0.1) is 0 Å². The zero-order valence-corrected chi connectivity index (χ0v) is 19.4. The van der Waals surface area contributed by atoms with Crippen molar-refractivity contribution in [2.45, 2.75) is 56.9 Å². The Morgan fingerprint density at radius 3 is 2.29 bits per heavy atom. The molecule has 0 spiro atoms. The molecule has 168 valence electrons. The van der Waals surface area contributed by atoms with Crippen molar-refractivity contribution in [1.29, 1.82) is 0 Å². The number of hydrogen-bond acceptors (Lipinski definition) is 4. The van der Waals surface area contributed by atoms with Gasteiger partial charge >= 0.3 is 0 Å². The van der Waals surface area contributed by atoms with Crippen molar-refractivity contribution in [3.8, 4) is 5.75 Å². The summed E-state index contributed by atoms with van der Waals surface area (Å²) >= 11 is 0. The molecule has 0 radical (unpaired) electrons. The summed E-state index contributed by atoms with van der Waals surface area (Å²) in [6, 6.07) is 12.3. The van der Waals surface area contributed by atoms with Crippen LogP contribution >= 0.6 is 0 Å². The van der Waals surface area contributed by atoms with Crippen molar-refractivity contribution < 1.29 is 17.9 Å². The molecule has 1 N–H and O–H groups in total. The summed E-state index contributed by atoms with van der Waals surface area (Å²) in [6.45, 7) is 4.85. The molecule has 31 heavy (non-hydrogen) atoms. The lowest BCUT2D eigenvalue weighted by molar-refractivity contribution is 0.0935. The third-order valence-electron chi connectivity index (χ3n) is 5.86. The van der Waals surface area contributed by atoms with Crippen LogP contribution in [-0.2, 0) is 10.0 Å². The van der Waals surface area contributed by atoms with Gasteiger partial charge in [0.05, 0.1) is 18.0 Å². The van der Waals surface area contributed by atoms with E-state index < -0.39 is 10.0 Å². The minimum absolute atomic E-state index is 0.176. The first-order valence-corrected chi connectivity index (χ1v) is 12.4. The van der Waals surface area contributed by atoms with Crippen LogP contribution < -0.4 is 10.1 Å². The molecule has 1 fully saturated rings. The number of benzene rings is 2. The van der Waals surface area contributed by atoms with E-state index in [0.717, 1.165) is 37.0 Å². The Bertz CT molecular complexity index is 995. The summed E-state index contributed by atoms with van der Waals surface area (Å²) in [5, 5.41) is 3.04. The minimum Gasteiger partial charge on any atom is -0.497 e. The maximum atomic E-state index is 13.3.